The molecule has 1 aromatic rings. The van der Waals surface area contributed by atoms with Crippen LogP contribution in [0.3, 0.4) is 0 Å². The summed E-state index contributed by atoms with van der Waals surface area (Å²) in [7, 11) is 0. The Morgan fingerprint density at radius 2 is 2.42 bits per heavy atom. The van der Waals surface area contributed by atoms with Gasteiger partial charge < -0.3 is 15.4 Å². The number of hydrogen-bond donors (Lipinski definition) is 2. The van der Waals surface area contributed by atoms with Gasteiger partial charge in [0.2, 0.25) is 0 Å². The molecule has 100 valence electrons. The zero-order valence-electron chi connectivity index (χ0n) is 10.5. The van der Waals surface area contributed by atoms with Gasteiger partial charge >= 0.3 is 0 Å². The predicted molar refractivity (Wildman–Crippen MR) is 67.1 cm³/mol. The summed E-state index contributed by atoms with van der Waals surface area (Å²) in [4.78, 5) is 11.9. The van der Waals surface area contributed by atoms with Gasteiger partial charge in [0.05, 0.1) is 18.2 Å². The van der Waals surface area contributed by atoms with Gasteiger partial charge in [-0.05, 0) is 19.1 Å². The fourth-order valence-electron chi connectivity index (χ4n) is 1.82. The van der Waals surface area contributed by atoms with E-state index in [2.05, 4.69) is 10.6 Å². The standard InChI is InChI=1S/C13H14FN3O2/c1-8-10(14)4-9(6-15)5-11(8)17-13(18)12-7-16-2-3-19-12/h4-5,12,16H,2-3,7H2,1H3,(H,17,18). The summed E-state index contributed by atoms with van der Waals surface area (Å²) in [5, 5.41) is 14.4. The number of rotatable bonds is 2. The molecule has 19 heavy (non-hydrogen) atoms. The van der Waals surface area contributed by atoms with Crippen LogP contribution in [0.25, 0.3) is 0 Å². The topological polar surface area (TPSA) is 74.2 Å². The summed E-state index contributed by atoms with van der Waals surface area (Å²) in [6.45, 7) is 3.14. The molecule has 1 aliphatic rings. The summed E-state index contributed by atoms with van der Waals surface area (Å²) in [6, 6.07) is 4.45. The normalized spacial score (nSPS) is 18.7. The Labute approximate surface area is 110 Å². The number of halogens is 1. The third-order valence-corrected chi connectivity index (χ3v) is 2.95. The molecule has 1 saturated heterocycles. The van der Waals surface area contributed by atoms with Crippen molar-refractivity contribution in [3.05, 3.63) is 29.1 Å². The quantitative estimate of drug-likeness (QED) is 0.832. The molecular formula is C13H14FN3O2. The second kappa shape index (κ2) is 5.78. The summed E-state index contributed by atoms with van der Waals surface area (Å²) in [5.74, 6) is -0.859. The highest BCUT2D eigenvalue weighted by molar-refractivity contribution is 5.95. The summed E-state index contributed by atoms with van der Waals surface area (Å²) >= 11 is 0. The van der Waals surface area contributed by atoms with Crippen molar-refractivity contribution in [3.8, 4) is 6.07 Å². The lowest BCUT2D eigenvalue weighted by atomic mass is 10.1. The molecule has 0 aromatic heterocycles. The zero-order valence-corrected chi connectivity index (χ0v) is 10.5. The largest absolute Gasteiger partial charge is 0.366 e. The number of carbonyl (C=O) groups excluding carboxylic acids is 1. The molecule has 0 saturated carbocycles. The molecule has 0 radical (unpaired) electrons. The molecule has 0 bridgehead atoms. The molecule has 0 spiro atoms. The maximum Gasteiger partial charge on any atom is 0.254 e. The number of anilines is 1. The van der Waals surface area contributed by atoms with E-state index in [1.54, 1.807) is 6.92 Å². The second-order valence-electron chi connectivity index (χ2n) is 4.30. The van der Waals surface area contributed by atoms with Crippen LogP contribution in [0.2, 0.25) is 0 Å². The van der Waals surface area contributed by atoms with Crippen LogP contribution in [0.1, 0.15) is 11.1 Å². The van der Waals surface area contributed by atoms with E-state index >= 15 is 0 Å². The van der Waals surface area contributed by atoms with E-state index < -0.39 is 11.9 Å². The van der Waals surface area contributed by atoms with Crippen molar-refractivity contribution in [2.24, 2.45) is 0 Å². The highest BCUT2D eigenvalue weighted by Gasteiger charge is 2.22. The lowest BCUT2D eigenvalue weighted by molar-refractivity contribution is -0.128. The maximum absolute atomic E-state index is 13.6. The smallest absolute Gasteiger partial charge is 0.254 e. The first-order valence-electron chi connectivity index (χ1n) is 5.95. The summed E-state index contributed by atoms with van der Waals surface area (Å²) in [5.41, 5.74) is 0.771. The van der Waals surface area contributed by atoms with E-state index in [1.165, 1.54) is 6.07 Å². The minimum absolute atomic E-state index is 0.168. The molecule has 5 nitrogen and oxygen atoms in total. The Morgan fingerprint density at radius 3 is 3.05 bits per heavy atom. The summed E-state index contributed by atoms with van der Waals surface area (Å²) < 4.78 is 18.9. The van der Waals surface area contributed by atoms with Gasteiger partial charge in [-0.15, -0.1) is 0 Å². The number of amides is 1. The van der Waals surface area contributed by atoms with Gasteiger partial charge in [-0.3, -0.25) is 4.79 Å². The number of morpholine rings is 1. The molecule has 0 aliphatic carbocycles. The first kappa shape index (κ1) is 13.5. The van der Waals surface area contributed by atoms with Crippen molar-refractivity contribution >= 4 is 11.6 Å². The predicted octanol–water partition coefficient (Wildman–Crippen LogP) is 0.933. The van der Waals surface area contributed by atoms with Gasteiger partial charge in [0.15, 0.2) is 0 Å². The van der Waals surface area contributed by atoms with Crippen molar-refractivity contribution in [2.75, 3.05) is 25.0 Å². The molecule has 2 N–H and O–H groups in total. The SMILES string of the molecule is Cc1c(F)cc(C#N)cc1NC(=O)C1CNCCO1. The van der Waals surface area contributed by atoms with E-state index in [0.29, 0.717) is 30.9 Å². The molecule has 1 aromatic carbocycles. The number of nitrogens with zero attached hydrogens (tertiary/aromatic N) is 1. The third-order valence-electron chi connectivity index (χ3n) is 2.95. The molecule has 1 aliphatic heterocycles. The maximum atomic E-state index is 13.6. The van der Waals surface area contributed by atoms with Gasteiger partial charge in [0.1, 0.15) is 11.9 Å². The Kier molecular flexibility index (Phi) is 4.10. The first-order valence-corrected chi connectivity index (χ1v) is 5.95. The van der Waals surface area contributed by atoms with Gasteiger partial charge in [-0.2, -0.15) is 5.26 Å². The molecule has 1 unspecified atom stereocenters. The van der Waals surface area contributed by atoms with Gasteiger partial charge in [-0.25, -0.2) is 4.39 Å². The second-order valence-corrected chi connectivity index (χ2v) is 4.30. The Morgan fingerprint density at radius 1 is 1.63 bits per heavy atom. The Bertz CT molecular complexity index is 533. The van der Waals surface area contributed by atoms with Crippen molar-refractivity contribution in [1.82, 2.24) is 5.32 Å². The minimum atomic E-state index is -0.595. The van der Waals surface area contributed by atoms with E-state index in [4.69, 9.17) is 10.00 Å². The summed E-state index contributed by atoms with van der Waals surface area (Å²) in [6.07, 6.45) is -0.595. The number of carbonyl (C=O) groups is 1. The molecule has 6 heteroatoms. The van der Waals surface area contributed by atoms with Crippen molar-refractivity contribution in [3.63, 3.8) is 0 Å². The van der Waals surface area contributed by atoms with Crippen LogP contribution in [-0.2, 0) is 9.53 Å². The lowest BCUT2D eigenvalue weighted by Gasteiger charge is -2.23. The number of nitriles is 1. The highest BCUT2D eigenvalue weighted by atomic mass is 19.1. The van der Waals surface area contributed by atoms with Crippen LogP contribution in [0.4, 0.5) is 10.1 Å². The fourth-order valence-corrected chi connectivity index (χ4v) is 1.82. The van der Waals surface area contributed by atoms with Crippen LogP contribution in [-0.4, -0.2) is 31.7 Å². The molecular weight excluding hydrogens is 249 g/mol. The molecule has 1 fully saturated rings. The minimum Gasteiger partial charge on any atom is -0.366 e. The van der Waals surface area contributed by atoms with E-state index in [1.807, 2.05) is 6.07 Å². The van der Waals surface area contributed by atoms with Crippen LogP contribution >= 0.6 is 0 Å². The number of hydrogen-bond acceptors (Lipinski definition) is 4. The van der Waals surface area contributed by atoms with Crippen molar-refractivity contribution in [2.45, 2.75) is 13.0 Å². The third kappa shape index (κ3) is 3.08. The van der Waals surface area contributed by atoms with Gasteiger partial charge in [0, 0.05) is 24.3 Å². The molecule has 1 atom stereocenters. The fraction of sp³-hybridized carbons (Fsp3) is 0.385. The molecule has 1 amide bonds. The van der Waals surface area contributed by atoms with Gasteiger partial charge in [0.25, 0.3) is 5.91 Å². The molecule has 2 rings (SSSR count). The first-order chi connectivity index (χ1) is 9.11. The number of ether oxygens (including phenoxy) is 1. The monoisotopic (exact) mass is 263 g/mol. The van der Waals surface area contributed by atoms with E-state index in [9.17, 15) is 9.18 Å². The van der Waals surface area contributed by atoms with E-state index in [0.717, 1.165) is 6.07 Å². The number of benzene rings is 1. The zero-order chi connectivity index (χ0) is 13.8. The van der Waals surface area contributed by atoms with Crippen LogP contribution in [0.15, 0.2) is 12.1 Å². The average molecular weight is 263 g/mol. The highest BCUT2D eigenvalue weighted by Crippen LogP contribution is 2.20. The van der Waals surface area contributed by atoms with Crippen LogP contribution < -0.4 is 10.6 Å². The Hall–Kier alpha value is -1.97. The Balaban J connectivity index is 2.16. The van der Waals surface area contributed by atoms with Gasteiger partial charge in [-0.1, -0.05) is 0 Å². The number of nitrogens with one attached hydrogen (secondary N) is 2. The van der Waals surface area contributed by atoms with Crippen molar-refractivity contribution < 1.29 is 13.9 Å². The average Bonchev–Trinajstić information content (AvgIpc) is 2.44. The van der Waals surface area contributed by atoms with Crippen molar-refractivity contribution in [1.29, 1.82) is 5.26 Å². The van der Waals surface area contributed by atoms with Crippen LogP contribution in [0.5, 0.6) is 0 Å². The molecule has 1 heterocycles. The lowest BCUT2D eigenvalue weighted by Crippen LogP contribution is -2.45. The van der Waals surface area contributed by atoms with Crippen LogP contribution in [0, 0.1) is 24.1 Å². The van der Waals surface area contributed by atoms with E-state index in [-0.39, 0.29) is 11.5 Å².